The van der Waals surface area contributed by atoms with Crippen molar-refractivity contribution in [3.05, 3.63) is 63.1 Å². The van der Waals surface area contributed by atoms with E-state index in [1.165, 1.54) is 0 Å². The number of halogens is 3. The lowest BCUT2D eigenvalue weighted by atomic mass is 10.00. The lowest BCUT2D eigenvalue weighted by molar-refractivity contribution is 0.474. The topological polar surface area (TPSA) is 20.2 Å². The average molecular weight is 350 g/mol. The van der Waals surface area contributed by atoms with Crippen LogP contribution in [-0.2, 0) is 6.42 Å². The van der Waals surface area contributed by atoms with Crippen LogP contribution in [0.5, 0.6) is 5.75 Å². The second-order valence-corrected chi connectivity index (χ2v) is 5.82. The van der Waals surface area contributed by atoms with E-state index in [9.17, 15) is 5.11 Å². The standard InChI is InChI=1S/C15H13Cl3O.H2S/c1-9-6-12(19)4-5-13(9)15(18)7-10-2-3-11(16)8-14(10)17;/h2-6,8,15,19H,7H2,1H3;1H2. The molecule has 1 atom stereocenters. The Kier molecular flexibility index (Phi) is 6.53. The molecular formula is C15H15Cl3OS. The summed E-state index contributed by atoms with van der Waals surface area (Å²) < 4.78 is 0. The van der Waals surface area contributed by atoms with E-state index in [4.69, 9.17) is 34.8 Å². The fraction of sp³-hybridized carbons (Fsp3) is 0.200. The van der Waals surface area contributed by atoms with Gasteiger partial charge in [-0.3, -0.25) is 0 Å². The van der Waals surface area contributed by atoms with E-state index < -0.39 is 0 Å². The van der Waals surface area contributed by atoms with E-state index >= 15 is 0 Å². The first-order chi connectivity index (χ1) is 8.97. The van der Waals surface area contributed by atoms with E-state index in [-0.39, 0.29) is 24.6 Å². The van der Waals surface area contributed by atoms with Gasteiger partial charge in [0.2, 0.25) is 0 Å². The number of benzene rings is 2. The van der Waals surface area contributed by atoms with Crippen molar-refractivity contribution in [1.82, 2.24) is 0 Å². The molecule has 0 spiro atoms. The maximum Gasteiger partial charge on any atom is 0.115 e. The first-order valence-corrected chi connectivity index (χ1v) is 7.04. The summed E-state index contributed by atoms with van der Waals surface area (Å²) in [5.74, 6) is 0.245. The highest BCUT2D eigenvalue weighted by atomic mass is 35.5. The Labute approximate surface area is 140 Å². The van der Waals surface area contributed by atoms with Crippen LogP contribution >= 0.6 is 48.3 Å². The minimum absolute atomic E-state index is 0. The van der Waals surface area contributed by atoms with Crippen LogP contribution in [0, 0.1) is 6.92 Å². The predicted octanol–water partition coefficient (Wildman–Crippen LogP) is 5.64. The van der Waals surface area contributed by atoms with E-state index in [1.54, 1.807) is 24.3 Å². The molecule has 2 aromatic carbocycles. The van der Waals surface area contributed by atoms with Gasteiger partial charge in [0.25, 0.3) is 0 Å². The molecular weight excluding hydrogens is 335 g/mol. The van der Waals surface area contributed by atoms with Crippen LogP contribution in [0.4, 0.5) is 0 Å². The van der Waals surface area contributed by atoms with Gasteiger partial charge in [-0.05, 0) is 54.3 Å². The highest BCUT2D eigenvalue weighted by Gasteiger charge is 2.14. The molecule has 0 amide bonds. The van der Waals surface area contributed by atoms with Gasteiger partial charge in [-0.1, -0.05) is 35.3 Å². The lowest BCUT2D eigenvalue weighted by Crippen LogP contribution is -1.99. The summed E-state index contributed by atoms with van der Waals surface area (Å²) in [5, 5.41) is 10.4. The average Bonchev–Trinajstić information content (AvgIpc) is 2.32. The van der Waals surface area contributed by atoms with Crippen molar-refractivity contribution < 1.29 is 5.11 Å². The number of rotatable bonds is 3. The lowest BCUT2D eigenvalue weighted by Gasteiger charge is -2.14. The molecule has 0 aliphatic heterocycles. The van der Waals surface area contributed by atoms with Crippen LogP contribution in [0.2, 0.25) is 10.0 Å². The Morgan fingerprint density at radius 3 is 2.40 bits per heavy atom. The van der Waals surface area contributed by atoms with Crippen molar-refractivity contribution in [3.63, 3.8) is 0 Å². The van der Waals surface area contributed by atoms with Crippen molar-refractivity contribution in [2.45, 2.75) is 18.7 Å². The quantitative estimate of drug-likeness (QED) is 0.711. The zero-order chi connectivity index (χ0) is 14.0. The molecule has 0 radical (unpaired) electrons. The number of alkyl halides is 1. The Hall–Kier alpha value is -0.540. The van der Waals surface area contributed by atoms with Gasteiger partial charge < -0.3 is 5.11 Å². The fourth-order valence-electron chi connectivity index (χ4n) is 2.00. The molecule has 1 unspecified atom stereocenters. The molecule has 0 saturated heterocycles. The van der Waals surface area contributed by atoms with E-state index in [2.05, 4.69) is 0 Å². The minimum Gasteiger partial charge on any atom is -0.508 e. The number of hydrogen-bond acceptors (Lipinski definition) is 1. The summed E-state index contributed by atoms with van der Waals surface area (Å²) in [4.78, 5) is 0. The van der Waals surface area contributed by atoms with Crippen LogP contribution in [-0.4, -0.2) is 5.11 Å². The second-order valence-electron chi connectivity index (χ2n) is 4.45. The number of hydrogen-bond donors (Lipinski definition) is 1. The largest absolute Gasteiger partial charge is 0.508 e. The van der Waals surface area contributed by atoms with Gasteiger partial charge in [0.15, 0.2) is 0 Å². The summed E-state index contributed by atoms with van der Waals surface area (Å²) in [7, 11) is 0. The monoisotopic (exact) mass is 348 g/mol. The summed E-state index contributed by atoms with van der Waals surface area (Å²) >= 11 is 18.4. The maximum atomic E-state index is 9.40. The molecule has 0 aromatic heterocycles. The number of aromatic hydroxyl groups is 1. The van der Waals surface area contributed by atoms with Crippen molar-refractivity contribution in [3.8, 4) is 5.75 Å². The van der Waals surface area contributed by atoms with Crippen molar-refractivity contribution in [2.75, 3.05) is 0 Å². The molecule has 2 aromatic rings. The third-order valence-electron chi connectivity index (χ3n) is 3.01. The molecule has 0 saturated carbocycles. The van der Waals surface area contributed by atoms with Crippen LogP contribution in [0.15, 0.2) is 36.4 Å². The Morgan fingerprint density at radius 2 is 1.80 bits per heavy atom. The van der Waals surface area contributed by atoms with E-state index in [1.807, 2.05) is 19.1 Å². The smallest absolute Gasteiger partial charge is 0.115 e. The molecule has 0 aliphatic rings. The summed E-state index contributed by atoms with van der Waals surface area (Å²) in [6.07, 6.45) is 0.614. The van der Waals surface area contributed by atoms with Crippen molar-refractivity contribution in [2.24, 2.45) is 0 Å². The van der Waals surface area contributed by atoms with Gasteiger partial charge in [-0.15, -0.1) is 11.6 Å². The Bertz CT molecular complexity index is 602. The van der Waals surface area contributed by atoms with Crippen molar-refractivity contribution >= 4 is 48.3 Å². The van der Waals surface area contributed by atoms with Crippen molar-refractivity contribution in [1.29, 1.82) is 0 Å². The molecule has 0 fully saturated rings. The molecule has 20 heavy (non-hydrogen) atoms. The molecule has 1 nitrogen and oxygen atoms in total. The van der Waals surface area contributed by atoms with Gasteiger partial charge in [-0.2, -0.15) is 13.5 Å². The van der Waals surface area contributed by atoms with Crippen LogP contribution in [0.25, 0.3) is 0 Å². The molecule has 0 bridgehead atoms. The fourth-order valence-corrected chi connectivity index (χ4v) is 2.90. The van der Waals surface area contributed by atoms with Crippen LogP contribution < -0.4 is 0 Å². The zero-order valence-corrected chi connectivity index (χ0v) is 14.1. The first kappa shape index (κ1) is 17.5. The van der Waals surface area contributed by atoms with Gasteiger partial charge in [-0.25, -0.2) is 0 Å². The number of phenolic OH excluding ortho intramolecular Hbond substituents is 1. The van der Waals surface area contributed by atoms with Crippen LogP contribution in [0.3, 0.4) is 0 Å². The summed E-state index contributed by atoms with van der Waals surface area (Å²) in [6, 6.07) is 10.6. The molecule has 1 N–H and O–H groups in total. The third-order valence-corrected chi connectivity index (χ3v) is 3.98. The van der Waals surface area contributed by atoms with Gasteiger partial charge in [0, 0.05) is 10.0 Å². The molecule has 5 heteroatoms. The van der Waals surface area contributed by atoms with Gasteiger partial charge in [0.1, 0.15) is 5.75 Å². The van der Waals surface area contributed by atoms with Crippen LogP contribution in [0.1, 0.15) is 22.1 Å². The zero-order valence-electron chi connectivity index (χ0n) is 10.8. The molecule has 0 heterocycles. The second kappa shape index (κ2) is 7.46. The molecule has 2 rings (SSSR count). The highest BCUT2D eigenvalue weighted by molar-refractivity contribution is 7.59. The first-order valence-electron chi connectivity index (χ1n) is 5.85. The highest BCUT2D eigenvalue weighted by Crippen LogP contribution is 2.32. The SMILES string of the molecule is Cc1cc(O)ccc1C(Cl)Cc1ccc(Cl)cc1Cl.S. The van der Waals surface area contributed by atoms with Gasteiger partial charge >= 0.3 is 0 Å². The number of aryl methyl sites for hydroxylation is 1. The van der Waals surface area contributed by atoms with E-state index in [0.29, 0.717) is 16.5 Å². The number of phenols is 1. The predicted molar refractivity (Wildman–Crippen MR) is 92.0 cm³/mol. The van der Waals surface area contributed by atoms with Gasteiger partial charge in [0.05, 0.1) is 5.38 Å². The Balaban J connectivity index is 0.00000200. The summed E-state index contributed by atoms with van der Waals surface area (Å²) in [5.41, 5.74) is 2.91. The third kappa shape index (κ3) is 4.23. The normalized spacial score (nSPS) is 11.8. The maximum absolute atomic E-state index is 9.40. The molecule has 108 valence electrons. The summed E-state index contributed by atoms with van der Waals surface area (Å²) in [6.45, 7) is 1.92. The molecule has 0 aliphatic carbocycles. The van der Waals surface area contributed by atoms with E-state index in [0.717, 1.165) is 16.7 Å². The minimum atomic E-state index is -0.195. The Morgan fingerprint density at radius 1 is 1.10 bits per heavy atom.